The molecule has 2 nitrogen and oxygen atoms in total. The molecule has 19 heavy (non-hydrogen) atoms. The lowest BCUT2D eigenvalue weighted by atomic mass is 10.1. The molecule has 0 aromatic heterocycles. The quantitative estimate of drug-likeness (QED) is 0.586. The number of nitrogens with zero attached hydrogens (tertiary/aromatic N) is 1. The van der Waals surface area contributed by atoms with E-state index in [1.165, 1.54) is 5.56 Å². The van der Waals surface area contributed by atoms with E-state index in [1.54, 1.807) is 0 Å². The summed E-state index contributed by atoms with van der Waals surface area (Å²) in [6.07, 6.45) is 3.86. The molecular formula is C16H15ClNO. The van der Waals surface area contributed by atoms with Gasteiger partial charge in [-0.1, -0.05) is 66.1 Å². The zero-order chi connectivity index (χ0) is 13.5. The van der Waals surface area contributed by atoms with Gasteiger partial charge < -0.3 is 4.84 Å². The zero-order valence-corrected chi connectivity index (χ0v) is 11.5. The molecule has 0 aliphatic carbocycles. The lowest BCUT2D eigenvalue weighted by molar-refractivity contribution is 0.132. The number of hydrogen-bond donors (Lipinski definition) is 0. The Kier molecular flexibility index (Phi) is 4.99. The molecule has 2 aromatic rings. The number of hydrogen-bond acceptors (Lipinski definition) is 2. The Labute approximate surface area is 118 Å². The maximum absolute atomic E-state index is 6.03. The Morgan fingerprint density at radius 1 is 1.05 bits per heavy atom. The van der Waals surface area contributed by atoms with Crippen LogP contribution < -0.4 is 0 Å². The summed E-state index contributed by atoms with van der Waals surface area (Å²) in [7, 11) is 0. The van der Waals surface area contributed by atoms with Crippen molar-refractivity contribution in [3.05, 3.63) is 70.2 Å². The van der Waals surface area contributed by atoms with Crippen molar-refractivity contribution >= 4 is 17.8 Å². The lowest BCUT2D eigenvalue weighted by Crippen LogP contribution is -1.92. The van der Waals surface area contributed by atoms with E-state index in [4.69, 9.17) is 16.4 Å². The molecule has 0 atom stereocenters. The van der Waals surface area contributed by atoms with Crippen molar-refractivity contribution in [1.29, 1.82) is 0 Å². The van der Waals surface area contributed by atoms with Crippen LogP contribution in [0, 0.1) is 0 Å². The molecule has 2 aromatic carbocycles. The van der Waals surface area contributed by atoms with Gasteiger partial charge in [0.05, 0.1) is 0 Å². The summed E-state index contributed by atoms with van der Waals surface area (Å²) in [5.41, 5.74) is 3.08. The summed E-state index contributed by atoms with van der Waals surface area (Å²) in [5, 5.41) is 4.56. The molecule has 0 saturated heterocycles. The number of aryl methyl sites for hydroxylation is 1. The first-order valence-corrected chi connectivity index (χ1v) is 6.58. The predicted molar refractivity (Wildman–Crippen MR) is 78.6 cm³/mol. The van der Waals surface area contributed by atoms with E-state index in [9.17, 15) is 0 Å². The summed E-state index contributed by atoms with van der Waals surface area (Å²) in [4.78, 5) is 5.23. The smallest absolute Gasteiger partial charge is 0.143 e. The maximum Gasteiger partial charge on any atom is 0.143 e. The second-order valence-electron chi connectivity index (χ2n) is 4.08. The van der Waals surface area contributed by atoms with Crippen LogP contribution >= 0.6 is 11.6 Å². The van der Waals surface area contributed by atoms with Crippen LogP contribution in [0.25, 0.3) is 0 Å². The summed E-state index contributed by atoms with van der Waals surface area (Å²) >= 11 is 6.03. The highest BCUT2D eigenvalue weighted by Crippen LogP contribution is 2.15. The van der Waals surface area contributed by atoms with E-state index in [1.807, 2.05) is 42.5 Å². The van der Waals surface area contributed by atoms with Crippen LogP contribution in [-0.2, 0) is 17.9 Å². The van der Waals surface area contributed by atoms with Crippen LogP contribution in [0.2, 0.25) is 5.02 Å². The van der Waals surface area contributed by atoms with Gasteiger partial charge in [0.2, 0.25) is 0 Å². The highest BCUT2D eigenvalue weighted by molar-refractivity contribution is 6.31. The van der Waals surface area contributed by atoms with E-state index < -0.39 is 0 Å². The average molecular weight is 273 g/mol. The normalized spacial score (nSPS) is 10.8. The average Bonchev–Trinajstić information content (AvgIpc) is 2.45. The minimum atomic E-state index is 0.348. The molecular weight excluding hydrogens is 258 g/mol. The van der Waals surface area contributed by atoms with Gasteiger partial charge in [-0.3, -0.25) is 0 Å². The third-order valence-electron chi connectivity index (χ3n) is 2.81. The van der Waals surface area contributed by atoms with Crippen LogP contribution in [0.5, 0.6) is 0 Å². The van der Waals surface area contributed by atoms with E-state index in [0.717, 1.165) is 17.5 Å². The monoisotopic (exact) mass is 272 g/mol. The number of rotatable bonds is 5. The van der Waals surface area contributed by atoms with Gasteiger partial charge in [0.25, 0.3) is 0 Å². The standard InChI is InChI=1S/C16H15ClNO/c1-2-13-7-3-4-8-14(13)11-18-19-12-15-9-5-6-10-16(15)17/h3-10H,2,12H2,1H3. The first-order chi connectivity index (χ1) is 9.31. The van der Waals surface area contributed by atoms with Gasteiger partial charge >= 0.3 is 0 Å². The van der Waals surface area contributed by atoms with Gasteiger partial charge in [-0.05, 0) is 18.1 Å². The topological polar surface area (TPSA) is 21.6 Å². The Hall–Kier alpha value is -1.80. The van der Waals surface area contributed by atoms with Gasteiger partial charge in [-0.2, -0.15) is 0 Å². The maximum atomic E-state index is 6.03. The van der Waals surface area contributed by atoms with Gasteiger partial charge in [0.1, 0.15) is 12.8 Å². The van der Waals surface area contributed by atoms with Crippen molar-refractivity contribution in [3.63, 3.8) is 0 Å². The summed E-state index contributed by atoms with van der Waals surface area (Å²) in [5.74, 6) is 0. The minimum Gasteiger partial charge on any atom is -0.390 e. The van der Waals surface area contributed by atoms with Crippen LogP contribution in [0.4, 0.5) is 0 Å². The minimum absolute atomic E-state index is 0.348. The third kappa shape index (κ3) is 3.83. The molecule has 0 unspecified atom stereocenters. The Balaban J connectivity index is 1.96. The van der Waals surface area contributed by atoms with Crippen LogP contribution in [0.1, 0.15) is 23.6 Å². The van der Waals surface area contributed by atoms with Crippen molar-refractivity contribution in [2.24, 2.45) is 5.16 Å². The fourth-order valence-corrected chi connectivity index (χ4v) is 1.93. The highest BCUT2D eigenvalue weighted by atomic mass is 35.5. The molecule has 0 bridgehead atoms. The van der Waals surface area contributed by atoms with Gasteiger partial charge in [-0.15, -0.1) is 0 Å². The molecule has 0 saturated carbocycles. The second kappa shape index (κ2) is 6.95. The Morgan fingerprint density at radius 3 is 2.47 bits per heavy atom. The third-order valence-corrected chi connectivity index (χ3v) is 3.18. The van der Waals surface area contributed by atoms with Crippen LogP contribution in [0.15, 0.2) is 53.7 Å². The molecule has 2 rings (SSSR count). The van der Waals surface area contributed by atoms with Crippen molar-refractivity contribution in [1.82, 2.24) is 0 Å². The van der Waals surface area contributed by atoms with Crippen molar-refractivity contribution in [2.75, 3.05) is 0 Å². The molecule has 0 heterocycles. The first kappa shape index (κ1) is 13.6. The summed E-state index contributed by atoms with van der Waals surface area (Å²) in [6.45, 7) is 2.45. The number of halogens is 1. The second-order valence-corrected chi connectivity index (χ2v) is 4.49. The van der Waals surface area contributed by atoms with Gasteiger partial charge in [0.15, 0.2) is 0 Å². The fraction of sp³-hybridized carbons (Fsp3) is 0.188. The van der Waals surface area contributed by atoms with Gasteiger partial charge in [-0.25, -0.2) is 0 Å². The molecule has 0 aliphatic heterocycles. The predicted octanol–water partition coefficient (Wildman–Crippen LogP) is 4.33. The first-order valence-electron chi connectivity index (χ1n) is 6.20. The molecule has 0 aliphatic rings. The van der Waals surface area contributed by atoms with Crippen LogP contribution in [-0.4, -0.2) is 6.21 Å². The van der Waals surface area contributed by atoms with E-state index in [2.05, 4.69) is 24.4 Å². The summed E-state index contributed by atoms with van der Waals surface area (Å²) < 4.78 is 0. The van der Waals surface area contributed by atoms with E-state index in [0.29, 0.717) is 11.6 Å². The molecule has 0 fully saturated rings. The fourth-order valence-electron chi connectivity index (χ4n) is 1.74. The molecule has 0 amide bonds. The Bertz CT molecular complexity index is 566. The van der Waals surface area contributed by atoms with Gasteiger partial charge in [0, 0.05) is 16.1 Å². The van der Waals surface area contributed by atoms with Crippen molar-refractivity contribution in [2.45, 2.75) is 20.0 Å². The molecule has 97 valence electrons. The van der Waals surface area contributed by atoms with E-state index >= 15 is 0 Å². The SMILES string of the molecule is CCc1ccccc1/[C]=N\OCc1ccccc1Cl. The van der Waals surface area contributed by atoms with E-state index in [-0.39, 0.29) is 0 Å². The molecule has 0 N–H and O–H groups in total. The highest BCUT2D eigenvalue weighted by Gasteiger charge is 1.99. The largest absolute Gasteiger partial charge is 0.390 e. The zero-order valence-electron chi connectivity index (χ0n) is 10.8. The molecule has 1 radical (unpaired) electrons. The summed E-state index contributed by atoms with van der Waals surface area (Å²) in [6, 6.07) is 15.6. The van der Waals surface area contributed by atoms with Crippen LogP contribution in [0.3, 0.4) is 0 Å². The lowest BCUT2D eigenvalue weighted by Gasteiger charge is -2.03. The molecule has 3 heteroatoms. The Morgan fingerprint density at radius 2 is 1.74 bits per heavy atom. The molecule has 0 spiro atoms. The number of benzene rings is 2. The van der Waals surface area contributed by atoms with Crippen molar-refractivity contribution in [3.8, 4) is 0 Å². The van der Waals surface area contributed by atoms with Crippen molar-refractivity contribution < 1.29 is 4.84 Å².